The number of carbonyl (C=O) groups excluding carboxylic acids is 2. The van der Waals surface area contributed by atoms with Crippen molar-refractivity contribution in [2.24, 2.45) is 0 Å². The van der Waals surface area contributed by atoms with E-state index in [2.05, 4.69) is 16.6 Å². The highest BCUT2D eigenvalue weighted by atomic mass is 16.5. The van der Waals surface area contributed by atoms with Gasteiger partial charge in [-0.25, -0.2) is 0 Å². The lowest BCUT2D eigenvalue weighted by molar-refractivity contribution is -0.144. The fourth-order valence-electron chi connectivity index (χ4n) is 0.851. The predicted molar refractivity (Wildman–Crippen MR) is 53.7 cm³/mol. The standard InChI is InChI=1S/C10H17NO3/c1-3-5-8-11-9(12)6-7-10(13)14-4-2/h3H,1,4-8H2,2H3,(H,11,12). The Morgan fingerprint density at radius 3 is 2.71 bits per heavy atom. The van der Waals surface area contributed by atoms with E-state index < -0.39 is 0 Å². The van der Waals surface area contributed by atoms with Crippen LogP contribution in [0.15, 0.2) is 12.7 Å². The van der Waals surface area contributed by atoms with Gasteiger partial charge in [0, 0.05) is 13.0 Å². The van der Waals surface area contributed by atoms with E-state index in [1.165, 1.54) is 0 Å². The van der Waals surface area contributed by atoms with E-state index >= 15 is 0 Å². The molecular formula is C10H17NO3. The van der Waals surface area contributed by atoms with E-state index in [0.717, 1.165) is 6.42 Å². The van der Waals surface area contributed by atoms with Crippen LogP contribution in [0, 0.1) is 0 Å². The molecule has 0 atom stereocenters. The van der Waals surface area contributed by atoms with Gasteiger partial charge in [-0.15, -0.1) is 6.58 Å². The molecule has 0 radical (unpaired) electrons. The van der Waals surface area contributed by atoms with Crippen molar-refractivity contribution >= 4 is 11.9 Å². The van der Waals surface area contributed by atoms with E-state index in [-0.39, 0.29) is 24.7 Å². The summed E-state index contributed by atoms with van der Waals surface area (Å²) in [4.78, 5) is 21.9. The Morgan fingerprint density at radius 2 is 2.14 bits per heavy atom. The van der Waals surface area contributed by atoms with Crippen LogP contribution in [0.5, 0.6) is 0 Å². The molecule has 1 N–H and O–H groups in total. The van der Waals surface area contributed by atoms with Gasteiger partial charge in [0.25, 0.3) is 0 Å². The predicted octanol–water partition coefficient (Wildman–Crippen LogP) is 1.02. The highest BCUT2D eigenvalue weighted by molar-refractivity contribution is 5.81. The minimum absolute atomic E-state index is 0.125. The molecule has 0 spiro atoms. The van der Waals surface area contributed by atoms with Gasteiger partial charge in [0.05, 0.1) is 13.0 Å². The summed E-state index contributed by atoms with van der Waals surface area (Å²) in [5.41, 5.74) is 0. The van der Waals surface area contributed by atoms with Gasteiger partial charge >= 0.3 is 5.97 Å². The summed E-state index contributed by atoms with van der Waals surface area (Å²) in [5.74, 6) is -0.453. The number of esters is 1. The van der Waals surface area contributed by atoms with Crippen molar-refractivity contribution in [2.75, 3.05) is 13.2 Å². The molecule has 80 valence electrons. The topological polar surface area (TPSA) is 55.4 Å². The first-order valence-electron chi connectivity index (χ1n) is 4.74. The van der Waals surface area contributed by atoms with Crippen LogP contribution in [0.25, 0.3) is 0 Å². The van der Waals surface area contributed by atoms with Crippen molar-refractivity contribution in [1.29, 1.82) is 0 Å². The first-order chi connectivity index (χ1) is 6.70. The first kappa shape index (κ1) is 12.7. The van der Waals surface area contributed by atoms with E-state index in [4.69, 9.17) is 0 Å². The monoisotopic (exact) mass is 199 g/mol. The average molecular weight is 199 g/mol. The van der Waals surface area contributed by atoms with Crippen LogP contribution in [0.1, 0.15) is 26.2 Å². The van der Waals surface area contributed by atoms with Gasteiger partial charge in [-0.05, 0) is 13.3 Å². The maximum absolute atomic E-state index is 11.1. The van der Waals surface area contributed by atoms with Gasteiger partial charge in [0.2, 0.25) is 5.91 Å². The molecule has 1 amide bonds. The summed E-state index contributed by atoms with van der Waals surface area (Å²) in [6.07, 6.45) is 2.81. The van der Waals surface area contributed by atoms with Crippen molar-refractivity contribution in [3.8, 4) is 0 Å². The molecule has 0 bridgehead atoms. The molecular weight excluding hydrogens is 182 g/mol. The normalized spacial score (nSPS) is 9.21. The lowest BCUT2D eigenvalue weighted by atomic mass is 10.3. The van der Waals surface area contributed by atoms with Gasteiger partial charge in [-0.1, -0.05) is 6.08 Å². The summed E-state index contributed by atoms with van der Waals surface area (Å²) in [6.45, 7) is 6.20. The molecule has 0 aromatic carbocycles. The number of carbonyl (C=O) groups is 2. The van der Waals surface area contributed by atoms with Crippen LogP contribution in [0.3, 0.4) is 0 Å². The second-order valence-corrected chi connectivity index (χ2v) is 2.73. The zero-order chi connectivity index (χ0) is 10.8. The quantitative estimate of drug-likeness (QED) is 0.378. The highest BCUT2D eigenvalue weighted by Gasteiger charge is 2.05. The maximum atomic E-state index is 11.1. The molecule has 0 rings (SSSR count). The SMILES string of the molecule is C=CCCNC(=O)CCC(=O)OCC. The van der Waals surface area contributed by atoms with E-state index in [9.17, 15) is 9.59 Å². The molecule has 0 fully saturated rings. The molecule has 14 heavy (non-hydrogen) atoms. The van der Waals surface area contributed by atoms with Crippen LogP contribution < -0.4 is 5.32 Å². The van der Waals surface area contributed by atoms with Crippen molar-refractivity contribution in [2.45, 2.75) is 26.2 Å². The van der Waals surface area contributed by atoms with E-state index in [1.807, 2.05) is 0 Å². The van der Waals surface area contributed by atoms with Crippen molar-refractivity contribution in [3.05, 3.63) is 12.7 Å². The maximum Gasteiger partial charge on any atom is 0.306 e. The van der Waals surface area contributed by atoms with E-state index in [0.29, 0.717) is 13.2 Å². The zero-order valence-electron chi connectivity index (χ0n) is 8.54. The third kappa shape index (κ3) is 7.34. The minimum Gasteiger partial charge on any atom is -0.466 e. The van der Waals surface area contributed by atoms with Crippen molar-refractivity contribution in [1.82, 2.24) is 5.32 Å². The summed E-state index contributed by atoms with van der Waals surface area (Å²) in [5, 5.41) is 2.66. The Kier molecular flexibility index (Phi) is 7.50. The fourth-order valence-corrected chi connectivity index (χ4v) is 0.851. The molecule has 0 aromatic rings. The Balaban J connectivity index is 3.43. The molecule has 0 aliphatic rings. The van der Waals surface area contributed by atoms with Crippen LogP contribution in [-0.2, 0) is 14.3 Å². The number of hydrogen-bond donors (Lipinski definition) is 1. The molecule has 0 saturated heterocycles. The molecule has 4 nitrogen and oxygen atoms in total. The van der Waals surface area contributed by atoms with E-state index in [1.54, 1.807) is 13.0 Å². The number of amides is 1. The lowest BCUT2D eigenvalue weighted by Gasteiger charge is -2.03. The van der Waals surface area contributed by atoms with Crippen molar-refractivity contribution < 1.29 is 14.3 Å². The summed E-state index contributed by atoms with van der Waals surface area (Å²) in [6, 6.07) is 0. The molecule has 4 heteroatoms. The Morgan fingerprint density at radius 1 is 1.43 bits per heavy atom. The smallest absolute Gasteiger partial charge is 0.306 e. The third-order valence-corrected chi connectivity index (χ3v) is 1.53. The van der Waals surface area contributed by atoms with Crippen LogP contribution >= 0.6 is 0 Å². The minimum atomic E-state index is -0.327. The van der Waals surface area contributed by atoms with Crippen LogP contribution in [0.2, 0.25) is 0 Å². The van der Waals surface area contributed by atoms with Gasteiger partial charge in [-0.3, -0.25) is 9.59 Å². The van der Waals surface area contributed by atoms with Gasteiger partial charge in [0.1, 0.15) is 0 Å². The first-order valence-corrected chi connectivity index (χ1v) is 4.74. The van der Waals surface area contributed by atoms with Gasteiger partial charge in [0.15, 0.2) is 0 Å². The molecule has 0 aromatic heterocycles. The fraction of sp³-hybridized carbons (Fsp3) is 0.600. The largest absolute Gasteiger partial charge is 0.466 e. The van der Waals surface area contributed by atoms with Crippen molar-refractivity contribution in [3.63, 3.8) is 0 Å². The molecule has 0 saturated carbocycles. The summed E-state index contributed by atoms with van der Waals surface area (Å²) < 4.78 is 4.68. The van der Waals surface area contributed by atoms with Gasteiger partial charge in [-0.2, -0.15) is 0 Å². The Labute approximate surface area is 84.3 Å². The number of ether oxygens (including phenoxy) is 1. The Bertz CT molecular complexity index is 202. The average Bonchev–Trinajstić information content (AvgIpc) is 2.16. The highest BCUT2D eigenvalue weighted by Crippen LogP contribution is 1.92. The van der Waals surface area contributed by atoms with Crippen LogP contribution in [0.4, 0.5) is 0 Å². The zero-order valence-corrected chi connectivity index (χ0v) is 8.54. The number of rotatable bonds is 7. The molecule has 0 unspecified atom stereocenters. The lowest BCUT2D eigenvalue weighted by Crippen LogP contribution is -2.24. The number of nitrogens with one attached hydrogen (secondary N) is 1. The summed E-state index contributed by atoms with van der Waals surface area (Å²) in [7, 11) is 0. The molecule has 0 aliphatic heterocycles. The van der Waals surface area contributed by atoms with Crippen LogP contribution in [-0.4, -0.2) is 25.0 Å². The number of hydrogen-bond acceptors (Lipinski definition) is 3. The summed E-state index contributed by atoms with van der Waals surface area (Å²) >= 11 is 0. The third-order valence-electron chi connectivity index (χ3n) is 1.53. The second kappa shape index (κ2) is 8.29. The molecule has 0 aliphatic carbocycles. The second-order valence-electron chi connectivity index (χ2n) is 2.73. The van der Waals surface area contributed by atoms with Gasteiger partial charge < -0.3 is 10.1 Å². The molecule has 0 heterocycles. The Hall–Kier alpha value is -1.32.